The van der Waals surface area contributed by atoms with Crippen LogP contribution < -0.4 is 15.0 Å². The van der Waals surface area contributed by atoms with E-state index in [2.05, 4.69) is 22.4 Å². The van der Waals surface area contributed by atoms with Gasteiger partial charge < -0.3 is 15.0 Å². The molecule has 0 radical (unpaired) electrons. The molecule has 0 bridgehead atoms. The molecular weight excluding hydrogens is 291 g/mol. The minimum atomic E-state index is -0.247. The number of halogens is 1. The van der Waals surface area contributed by atoms with Gasteiger partial charge in [-0.15, -0.1) is 0 Å². The van der Waals surface area contributed by atoms with Crippen LogP contribution in [0.4, 0.5) is 10.1 Å². The average molecular weight is 310 g/mol. The summed E-state index contributed by atoms with van der Waals surface area (Å²) in [4.78, 5) is 2.33. The van der Waals surface area contributed by atoms with Crippen molar-refractivity contribution in [3.63, 3.8) is 0 Å². The molecule has 0 aromatic heterocycles. The van der Waals surface area contributed by atoms with E-state index in [1.807, 2.05) is 24.3 Å². The zero-order valence-corrected chi connectivity index (χ0v) is 13.1. The molecule has 23 heavy (non-hydrogen) atoms. The van der Waals surface area contributed by atoms with Gasteiger partial charge in [0, 0.05) is 48.9 Å². The van der Waals surface area contributed by atoms with Crippen LogP contribution in [0.3, 0.4) is 0 Å². The molecule has 2 aromatic carbocycles. The zero-order valence-electron chi connectivity index (χ0n) is 13.1. The molecule has 1 N–H and O–H groups in total. The van der Waals surface area contributed by atoms with Gasteiger partial charge in [-0.3, -0.25) is 0 Å². The Morgan fingerprint density at radius 1 is 1.17 bits per heavy atom. The van der Waals surface area contributed by atoms with Crippen molar-refractivity contribution in [1.29, 1.82) is 0 Å². The molecule has 0 fully saturated rings. The number of hydrogen-bond donors (Lipinski definition) is 1. The lowest BCUT2D eigenvalue weighted by molar-refractivity contribution is 0.411. The number of benzene rings is 2. The summed E-state index contributed by atoms with van der Waals surface area (Å²) in [5.74, 6) is 0.293. The molecule has 2 aromatic rings. The summed E-state index contributed by atoms with van der Waals surface area (Å²) in [5.41, 5.74) is 5.30. The molecule has 4 heteroatoms. The van der Waals surface area contributed by atoms with Crippen molar-refractivity contribution in [2.24, 2.45) is 0 Å². The molecule has 0 unspecified atom stereocenters. The number of methoxy groups -OCH3 is 1. The van der Waals surface area contributed by atoms with E-state index in [9.17, 15) is 4.39 Å². The van der Waals surface area contributed by atoms with Gasteiger partial charge in [0.15, 0.2) is 0 Å². The summed E-state index contributed by atoms with van der Waals surface area (Å²) in [6.07, 6.45) is 3.16. The first-order valence-corrected chi connectivity index (χ1v) is 7.91. The first-order chi connectivity index (χ1) is 11.3. The predicted molar refractivity (Wildman–Crippen MR) is 90.4 cm³/mol. The monoisotopic (exact) mass is 310 g/mol. The number of fused-ring (bicyclic) bond motifs is 3. The second-order valence-corrected chi connectivity index (χ2v) is 5.89. The van der Waals surface area contributed by atoms with E-state index in [4.69, 9.17) is 4.74 Å². The maximum Gasteiger partial charge on any atom is 0.134 e. The van der Waals surface area contributed by atoms with Crippen LogP contribution in [-0.2, 0) is 6.42 Å². The molecule has 3 nitrogen and oxygen atoms in total. The lowest BCUT2D eigenvalue weighted by atomic mass is 9.99. The third kappa shape index (κ3) is 2.39. The second-order valence-electron chi connectivity index (χ2n) is 5.89. The van der Waals surface area contributed by atoms with Crippen LogP contribution >= 0.6 is 0 Å². The van der Waals surface area contributed by atoms with E-state index < -0.39 is 0 Å². The fourth-order valence-corrected chi connectivity index (χ4v) is 3.47. The standard InChI is InChI=1S/C19H19FN2O/c1-23-15-5-6-16(18(20)12-15)17-4-2-3-13-11-14-7-8-21-9-10-22(14)19(13)17/h2-7,12,21H,8-11H2,1H3. The maximum absolute atomic E-state index is 14.6. The highest BCUT2D eigenvalue weighted by atomic mass is 19.1. The minimum absolute atomic E-state index is 0.247. The molecule has 4 rings (SSSR count). The molecular formula is C19H19FN2O. The third-order valence-electron chi connectivity index (χ3n) is 4.57. The van der Waals surface area contributed by atoms with Gasteiger partial charge in [-0.1, -0.05) is 24.3 Å². The van der Waals surface area contributed by atoms with E-state index >= 15 is 0 Å². The number of para-hydroxylation sites is 1. The van der Waals surface area contributed by atoms with Crippen LogP contribution in [0.2, 0.25) is 0 Å². The van der Waals surface area contributed by atoms with Crippen molar-refractivity contribution in [1.82, 2.24) is 5.32 Å². The van der Waals surface area contributed by atoms with Crippen LogP contribution in [-0.4, -0.2) is 26.7 Å². The van der Waals surface area contributed by atoms with Crippen molar-refractivity contribution < 1.29 is 9.13 Å². The number of nitrogens with one attached hydrogen (secondary N) is 1. The van der Waals surface area contributed by atoms with E-state index in [1.54, 1.807) is 7.11 Å². The predicted octanol–water partition coefficient (Wildman–Crippen LogP) is 3.35. The Balaban J connectivity index is 1.85. The SMILES string of the molecule is COc1ccc(-c2cccc3c2N2CCNCC=C2C3)c(F)c1. The summed E-state index contributed by atoms with van der Waals surface area (Å²) in [6, 6.07) is 11.2. The van der Waals surface area contributed by atoms with E-state index in [1.165, 1.54) is 17.3 Å². The smallest absolute Gasteiger partial charge is 0.134 e. The van der Waals surface area contributed by atoms with Crippen LogP contribution in [0.25, 0.3) is 11.1 Å². The molecule has 2 aliphatic rings. The van der Waals surface area contributed by atoms with Gasteiger partial charge >= 0.3 is 0 Å². The van der Waals surface area contributed by atoms with E-state index in [0.717, 1.165) is 37.3 Å². The number of anilines is 1. The van der Waals surface area contributed by atoms with Gasteiger partial charge in [-0.05, 0) is 17.7 Å². The Labute approximate surface area is 135 Å². The van der Waals surface area contributed by atoms with Gasteiger partial charge in [0.2, 0.25) is 0 Å². The van der Waals surface area contributed by atoms with Crippen molar-refractivity contribution in [2.45, 2.75) is 6.42 Å². The van der Waals surface area contributed by atoms with Crippen LogP contribution in [0, 0.1) is 5.82 Å². The molecule has 0 atom stereocenters. The highest BCUT2D eigenvalue weighted by molar-refractivity contribution is 5.85. The quantitative estimate of drug-likeness (QED) is 0.920. The average Bonchev–Trinajstić information content (AvgIpc) is 2.76. The summed E-state index contributed by atoms with van der Waals surface area (Å²) in [5, 5.41) is 3.38. The Morgan fingerprint density at radius 3 is 2.91 bits per heavy atom. The van der Waals surface area contributed by atoms with Gasteiger partial charge in [0.25, 0.3) is 0 Å². The molecule has 118 valence electrons. The van der Waals surface area contributed by atoms with Crippen molar-refractivity contribution in [2.75, 3.05) is 31.6 Å². The normalized spacial score (nSPS) is 16.4. The van der Waals surface area contributed by atoms with Gasteiger partial charge in [0.1, 0.15) is 11.6 Å². The highest BCUT2D eigenvalue weighted by Gasteiger charge is 2.28. The van der Waals surface area contributed by atoms with Crippen LogP contribution in [0.15, 0.2) is 48.2 Å². The Morgan fingerprint density at radius 2 is 2.09 bits per heavy atom. The highest BCUT2D eigenvalue weighted by Crippen LogP contribution is 2.43. The van der Waals surface area contributed by atoms with E-state index in [-0.39, 0.29) is 5.82 Å². The van der Waals surface area contributed by atoms with Gasteiger partial charge in [-0.25, -0.2) is 4.39 Å². The molecule has 0 amide bonds. The fourth-order valence-electron chi connectivity index (χ4n) is 3.47. The lowest BCUT2D eigenvalue weighted by Crippen LogP contribution is -2.26. The fraction of sp³-hybridized carbons (Fsp3) is 0.263. The van der Waals surface area contributed by atoms with Crippen molar-refractivity contribution in [3.8, 4) is 16.9 Å². The molecule has 2 heterocycles. The summed E-state index contributed by atoms with van der Waals surface area (Å²) >= 11 is 0. The third-order valence-corrected chi connectivity index (χ3v) is 4.57. The maximum atomic E-state index is 14.6. The number of rotatable bonds is 2. The number of allylic oxidation sites excluding steroid dienone is 1. The Bertz CT molecular complexity index is 785. The second kappa shape index (κ2) is 5.70. The largest absolute Gasteiger partial charge is 0.497 e. The van der Waals surface area contributed by atoms with Gasteiger partial charge in [0.05, 0.1) is 12.8 Å². The Kier molecular flexibility index (Phi) is 3.54. The number of ether oxygens (including phenoxy) is 1. The van der Waals surface area contributed by atoms with Crippen LogP contribution in [0.1, 0.15) is 5.56 Å². The van der Waals surface area contributed by atoms with Gasteiger partial charge in [-0.2, -0.15) is 0 Å². The molecule has 0 saturated heterocycles. The molecule has 2 aliphatic heterocycles. The topological polar surface area (TPSA) is 24.5 Å². The first-order valence-electron chi connectivity index (χ1n) is 7.91. The summed E-state index contributed by atoms with van der Waals surface area (Å²) in [7, 11) is 1.55. The number of nitrogens with zero attached hydrogens (tertiary/aromatic N) is 1. The molecule has 0 saturated carbocycles. The zero-order chi connectivity index (χ0) is 15.8. The van der Waals surface area contributed by atoms with Crippen molar-refractivity contribution >= 4 is 5.69 Å². The summed E-state index contributed by atoms with van der Waals surface area (Å²) < 4.78 is 19.7. The van der Waals surface area contributed by atoms with Crippen molar-refractivity contribution in [3.05, 3.63) is 59.6 Å². The Hall–Kier alpha value is -2.33. The van der Waals surface area contributed by atoms with E-state index in [0.29, 0.717) is 11.3 Å². The first kappa shape index (κ1) is 14.3. The lowest BCUT2D eigenvalue weighted by Gasteiger charge is -2.23. The molecule has 0 spiro atoms. The number of hydrogen-bond acceptors (Lipinski definition) is 3. The molecule has 0 aliphatic carbocycles. The van der Waals surface area contributed by atoms with Crippen LogP contribution in [0.5, 0.6) is 5.75 Å². The summed E-state index contributed by atoms with van der Waals surface area (Å²) in [6.45, 7) is 2.73. The minimum Gasteiger partial charge on any atom is -0.497 e.